The molecule has 0 aliphatic carbocycles. The minimum absolute atomic E-state index is 0.126. The van der Waals surface area contributed by atoms with Crippen LogP contribution < -0.4 is 0 Å². The number of phenols is 1. The lowest BCUT2D eigenvalue weighted by molar-refractivity contribution is -0.132. The second kappa shape index (κ2) is 6.83. The van der Waals surface area contributed by atoms with Gasteiger partial charge in [-0.05, 0) is 18.2 Å². The van der Waals surface area contributed by atoms with E-state index in [1.165, 1.54) is 6.26 Å². The summed E-state index contributed by atoms with van der Waals surface area (Å²) in [6, 6.07) is 12.2. The van der Waals surface area contributed by atoms with Gasteiger partial charge in [0.15, 0.2) is 0 Å². The van der Waals surface area contributed by atoms with Gasteiger partial charge >= 0.3 is 0 Å². The van der Waals surface area contributed by atoms with Crippen LogP contribution in [0.1, 0.15) is 17.0 Å². The molecule has 2 aromatic heterocycles. The number of amides is 1. The van der Waals surface area contributed by atoms with Crippen molar-refractivity contribution >= 4 is 5.91 Å². The molecule has 3 aromatic rings. The summed E-state index contributed by atoms with van der Waals surface area (Å²) in [5, 5.41) is 13.7. The van der Waals surface area contributed by atoms with Gasteiger partial charge in [0, 0.05) is 18.2 Å². The third kappa shape index (κ3) is 3.79. The average molecular weight is 312 g/mol. The first-order chi connectivity index (χ1) is 11.2. The lowest BCUT2D eigenvalue weighted by Gasteiger charge is -2.22. The molecule has 0 unspecified atom stereocenters. The van der Waals surface area contributed by atoms with E-state index < -0.39 is 0 Å². The summed E-state index contributed by atoms with van der Waals surface area (Å²) in [7, 11) is 0. The number of aromatic hydroxyl groups is 1. The van der Waals surface area contributed by atoms with Gasteiger partial charge in [-0.3, -0.25) is 4.79 Å². The molecule has 0 bridgehead atoms. The first-order valence-corrected chi connectivity index (χ1v) is 7.18. The van der Waals surface area contributed by atoms with E-state index in [0.717, 1.165) is 0 Å². The fraction of sp³-hybridized carbons (Fsp3) is 0.176. The van der Waals surface area contributed by atoms with Crippen molar-refractivity contribution in [2.75, 3.05) is 0 Å². The molecular formula is C17H16N2O4. The van der Waals surface area contributed by atoms with E-state index in [-0.39, 0.29) is 24.6 Å². The van der Waals surface area contributed by atoms with Crippen LogP contribution in [0, 0.1) is 0 Å². The number of rotatable bonds is 6. The third-order valence-corrected chi connectivity index (χ3v) is 3.46. The maximum absolute atomic E-state index is 12.6. The smallest absolute Gasteiger partial charge is 0.229 e. The van der Waals surface area contributed by atoms with Gasteiger partial charge in [-0.2, -0.15) is 0 Å². The van der Waals surface area contributed by atoms with Gasteiger partial charge in [0.25, 0.3) is 0 Å². The molecule has 0 aliphatic heterocycles. The second-order valence-corrected chi connectivity index (χ2v) is 5.13. The fourth-order valence-corrected chi connectivity index (χ4v) is 2.27. The minimum Gasteiger partial charge on any atom is -0.508 e. The summed E-state index contributed by atoms with van der Waals surface area (Å²) in [4.78, 5) is 14.2. The Morgan fingerprint density at radius 1 is 1.09 bits per heavy atom. The van der Waals surface area contributed by atoms with E-state index in [4.69, 9.17) is 8.94 Å². The number of carbonyl (C=O) groups is 1. The van der Waals surface area contributed by atoms with Gasteiger partial charge in [0.1, 0.15) is 17.8 Å². The van der Waals surface area contributed by atoms with Crippen LogP contribution in [0.4, 0.5) is 0 Å². The standard InChI is InChI=1S/C17H16N2O4/c20-16-6-2-1-4-13(16)11-19(12-15-5-3-8-22-15)17(21)10-14-7-9-23-18-14/h1-9,20H,10-12H2. The predicted molar refractivity (Wildman–Crippen MR) is 81.3 cm³/mol. The SMILES string of the molecule is O=C(Cc1ccon1)N(Cc1ccco1)Cc1ccccc1O. The zero-order valence-electron chi connectivity index (χ0n) is 12.4. The number of hydrogen-bond acceptors (Lipinski definition) is 5. The van der Waals surface area contributed by atoms with Gasteiger partial charge in [0.05, 0.1) is 24.9 Å². The molecule has 1 aromatic carbocycles. The van der Waals surface area contributed by atoms with Gasteiger partial charge in [-0.15, -0.1) is 0 Å². The highest BCUT2D eigenvalue weighted by Gasteiger charge is 2.18. The number of furan rings is 1. The summed E-state index contributed by atoms with van der Waals surface area (Å²) in [6.45, 7) is 0.599. The summed E-state index contributed by atoms with van der Waals surface area (Å²) in [5.41, 5.74) is 1.24. The zero-order valence-corrected chi connectivity index (χ0v) is 12.4. The normalized spacial score (nSPS) is 10.6. The first-order valence-electron chi connectivity index (χ1n) is 7.18. The molecule has 1 amide bonds. The molecule has 1 N–H and O–H groups in total. The lowest BCUT2D eigenvalue weighted by Crippen LogP contribution is -2.31. The monoisotopic (exact) mass is 312 g/mol. The van der Waals surface area contributed by atoms with E-state index in [2.05, 4.69) is 5.16 Å². The summed E-state index contributed by atoms with van der Waals surface area (Å²) >= 11 is 0. The van der Waals surface area contributed by atoms with Crippen molar-refractivity contribution in [2.24, 2.45) is 0 Å². The number of benzene rings is 1. The van der Waals surface area contributed by atoms with Gasteiger partial charge in [0.2, 0.25) is 5.91 Å². The molecule has 2 heterocycles. The maximum Gasteiger partial charge on any atom is 0.229 e. The lowest BCUT2D eigenvalue weighted by atomic mass is 10.1. The van der Waals surface area contributed by atoms with E-state index in [9.17, 15) is 9.90 Å². The average Bonchev–Trinajstić information content (AvgIpc) is 3.22. The van der Waals surface area contributed by atoms with Crippen molar-refractivity contribution in [3.63, 3.8) is 0 Å². The Hall–Kier alpha value is -3.02. The number of nitrogens with zero attached hydrogens (tertiary/aromatic N) is 2. The molecular weight excluding hydrogens is 296 g/mol. The van der Waals surface area contributed by atoms with Gasteiger partial charge in [-0.1, -0.05) is 23.4 Å². The molecule has 23 heavy (non-hydrogen) atoms. The van der Waals surface area contributed by atoms with Gasteiger partial charge < -0.3 is 18.9 Å². The molecule has 6 nitrogen and oxygen atoms in total. The quantitative estimate of drug-likeness (QED) is 0.757. The summed E-state index contributed by atoms with van der Waals surface area (Å²) in [5.74, 6) is 0.707. The largest absolute Gasteiger partial charge is 0.508 e. The van der Waals surface area contributed by atoms with Crippen LogP contribution in [-0.2, 0) is 24.3 Å². The predicted octanol–water partition coefficient (Wildman–Crippen LogP) is 2.74. The van der Waals surface area contributed by atoms with E-state index >= 15 is 0 Å². The van der Waals surface area contributed by atoms with Crippen molar-refractivity contribution in [1.29, 1.82) is 0 Å². The Bertz CT molecular complexity index is 751. The molecule has 118 valence electrons. The molecule has 0 fully saturated rings. The van der Waals surface area contributed by atoms with Crippen LogP contribution >= 0.6 is 0 Å². The van der Waals surface area contributed by atoms with Crippen molar-refractivity contribution < 1.29 is 18.8 Å². The van der Waals surface area contributed by atoms with Crippen molar-refractivity contribution in [3.05, 3.63) is 72.0 Å². The van der Waals surface area contributed by atoms with Crippen LogP contribution in [-0.4, -0.2) is 21.1 Å². The molecule has 0 radical (unpaired) electrons. The molecule has 6 heteroatoms. The molecule has 0 aliphatic rings. The highest BCUT2D eigenvalue weighted by atomic mass is 16.5. The van der Waals surface area contributed by atoms with Crippen LogP contribution in [0.25, 0.3) is 0 Å². The first kappa shape index (κ1) is 14.9. The van der Waals surface area contributed by atoms with Crippen LogP contribution in [0.15, 0.2) is 63.9 Å². The number of hydrogen-bond donors (Lipinski definition) is 1. The van der Waals surface area contributed by atoms with Gasteiger partial charge in [-0.25, -0.2) is 0 Å². The molecule has 0 saturated heterocycles. The molecule has 3 rings (SSSR count). The highest BCUT2D eigenvalue weighted by molar-refractivity contribution is 5.78. The topological polar surface area (TPSA) is 79.7 Å². The van der Waals surface area contributed by atoms with Crippen molar-refractivity contribution in [3.8, 4) is 5.75 Å². The molecule has 0 atom stereocenters. The van der Waals surface area contributed by atoms with Crippen LogP contribution in [0.2, 0.25) is 0 Å². The summed E-state index contributed by atoms with van der Waals surface area (Å²) in [6.07, 6.45) is 3.13. The fourth-order valence-electron chi connectivity index (χ4n) is 2.27. The van der Waals surface area contributed by atoms with Crippen LogP contribution in [0.5, 0.6) is 5.75 Å². The zero-order chi connectivity index (χ0) is 16.1. The Morgan fingerprint density at radius 2 is 1.96 bits per heavy atom. The van der Waals surface area contributed by atoms with E-state index in [1.54, 1.807) is 47.6 Å². The Morgan fingerprint density at radius 3 is 2.65 bits per heavy atom. The maximum atomic E-state index is 12.6. The number of phenolic OH excluding ortho intramolecular Hbond substituents is 1. The third-order valence-electron chi connectivity index (χ3n) is 3.46. The van der Waals surface area contributed by atoms with Crippen molar-refractivity contribution in [1.82, 2.24) is 10.1 Å². The minimum atomic E-state index is -0.126. The number of carbonyl (C=O) groups excluding carboxylic acids is 1. The molecule has 0 spiro atoms. The Kier molecular flexibility index (Phi) is 4.42. The molecule has 0 saturated carbocycles. The second-order valence-electron chi connectivity index (χ2n) is 5.13. The highest BCUT2D eigenvalue weighted by Crippen LogP contribution is 2.20. The van der Waals surface area contributed by atoms with E-state index in [1.807, 2.05) is 6.07 Å². The number of aromatic nitrogens is 1. The Labute approximate surface area is 132 Å². The Balaban J connectivity index is 1.78. The van der Waals surface area contributed by atoms with E-state index in [0.29, 0.717) is 23.6 Å². The number of para-hydroxylation sites is 1. The summed E-state index contributed by atoms with van der Waals surface area (Å²) < 4.78 is 10.1. The van der Waals surface area contributed by atoms with Crippen LogP contribution in [0.3, 0.4) is 0 Å². The van der Waals surface area contributed by atoms with Crippen molar-refractivity contribution in [2.45, 2.75) is 19.5 Å².